The lowest BCUT2D eigenvalue weighted by Gasteiger charge is -2.53. The monoisotopic (exact) mass is 319 g/mol. The average Bonchev–Trinajstić information content (AvgIpc) is 2.50. The molecule has 126 valence electrons. The van der Waals surface area contributed by atoms with Gasteiger partial charge in [0.25, 0.3) is 0 Å². The lowest BCUT2D eigenvalue weighted by atomic mass is 9.85. The first-order valence-electron chi connectivity index (χ1n) is 8.12. The number of hydrogen-bond acceptors (Lipinski definition) is 4. The Morgan fingerprint density at radius 2 is 2.26 bits per heavy atom. The third kappa shape index (κ3) is 3.64. The Hall–Kier alpha value is -1.66. The van der Waals surface area contributed by atoms with Gasteiger partial charge in [0, 0.05) is 32.8 Å². The first-order chi connectivity index (χ1) is 11.0. The Morgan fingerprint density at radius 1 is 1.48 bits per heavy atom. The van der Waals surface area contributed by atoms with Crippen molar-refractivity contribution in [2.45, 2.75) is 38.1 Å². The first-order valence-corrected chi connectivity index (χ1v) is 8.12. The zero-order valence-corrected chi connectivity index (χ0v) is 14.1. The van der Waals surface area contributed by atoms with E-state index in [0.717, 1.165) is 24.2 Å². The van der Waals surface area contributed by atoms with E-state index in [9.17, 15) is 4.79 Å². The minimum absolute atomic E-state index is 0.0474. The molecule has 3 heterocycles. The van der Waals surface area contributed by atoms with Gasteiger partial charge in [-0.3, -0.25) is 4.98 Å². The molecule has 0 saturated carbocycles. The minimum Gasteiger partial charge on any atom is -0.372 e. The maximum Gasteiger partial charge on any atom is 0.319 e. The third-order valence-electron chi connectivity index (χ3n) is 4.47. The molecule has 2 fully saturated rings. The predicted molar refractivity (Wildman–Crippen MR) is 86.1 cm³/mol. The molecule has 2 aliphatic rings. The molecule has 0 radical (unpaired) electrons. The Bertz CT molecular complexity index is 570. The molecular weight excluding hydrogens is 294 g/mol. The van der Waals surface area contributed by atoms with E-state index in [1.807, 2.05) is 30.0 Å². The minimum atomic E-state index is -0.214. The fraction of sp³-hybridized carbons (Fsp3) is 0.647. The van der Waals surface area contributed by atoms with Crippen molar-refractivity contribution in [3.8, 4) is 0 Å². The second-order valence-electron chi connectivity index (χ2n) is 6.76. The van der Waals surface area contributed by atoms with E-state index in [2.05, 4.69) is 4.98 Å². The Morgan fingerprint density at radius 3 is 2.96 bits per heavy atom. The number of aryl methyl sites for hydroxylation is 1. The molecule has 0 bridgehead atoms. The fourth-order valence-corrected chi connectivity index (χ4v) is 3.30. The molecule has 1 atom stereocenters. The molecule has 1 spiro atoms. The summed E-state index contributed by atoms with van der Waals surface area (Å²) in [5.74, 6) is 0. The molecule has 23 heavy (non-hydrogen) atoms. The van der Waals surface area contributed by atoms with Gasteiger partial charge in [0.1, 0.15) is 5.60 Å². The highest BCUT2D eigenvalue weighted by atomic mass is 16.5. The van der Waals surface area contributed by atoms with Crippen LogP contribution in [-0.2, 0) is 16.1 Å². The van der Waals surface area contributed by atoms with Crippen LogP contribution >= 0.6 is 0 Å². The first kappa shape index (κ1) is 16.2. The highest BCUT2D eigenvalue weighted by Crippen LogP contribution is 2.35. The van der Waals surface area contributed by atoms with Crippen LogP contribution in [0, 0.1) is 6.92 Å². The zero-order valence-electron chi connectivity index (χ0n) is 14.1. The molecule has 6 heteroatoms. The summed E-state index contributed by atoms with van der Waals surface area (Å²) in [7, 11) is 3.55. The number of aromatic nitrogens is 1. The normalized spacial score (nSPS) is 22.7. The van der Waals surface area contributed by atoms with E-state index in [-0.39, 0.29) is 17.7 Å². The molecule has 2 aliphatic heterocycles. The maximum atomic E-state index is 11.9. The van der Waals surface area contributed by atoms with Gasteiger partial charge in [-0.15, -0.1) is 0 Å². The summed E-state index contributed by atoms with van der Waals surface area (Å²) in [5.41, 5.74) is 1.75. The molecule has 6 nitrogen and oxygen atoms in total. The van der Waals surface area contributed by atoms with Crippen molar-refractivity contribution >= 4 is 6.03 Å². The molecule has 1 aromatic rings. The van der Waals surface area contributed by atoms with Crippen LogP contribution in [0.1, 0.15) is 24.2 Å². The van der Waals surface area contributed by atoms with Gasteiger partial charge < -0.3 is 19.3 Å². The summed E-state index contributed by atoms with van der Waals surface area (Å²) in [5, 5.41) is 0. The number of likely N-dealkylation sites (tertiary alicyclic amines) is 1. The van der Waals surface area contributed by atoms with Crippen molar-refractivity contribution in [2.75, 3.05) is 33.8 Å². The molecule has 3 rings (SSSR count). The Labute approximate surface area is 137 Å². The smallest absolute Gasteiger partial charge is 0.319 e. The number of pyridine rings is 1. The molecule has 0 N–H and O–H groups in total. The molecule has 2 saturated heterocycles. The van der Waals surface area contributed by atoms with Crippen LogP contribution in [0.5, 0.6) is 0 Å². The maximum absolute atomic E-state index is 11.9. The van der Waals surface area contributed by atoms with Gasteiger partial charge in [0.05, 0.1) is 31.5 Å². The number of amides is 2. The molecule has 2 amide bonds. The van der Waals surface area contributed by atoms with Crippen molar-refractivity contribution < 1.29 is 14.3 Å². The van der Waals surface area contributed by atoms with Gasteiger partial charge in [0.15, 0.2) is 0 Å². The van der Waals surface area contributed by atoms with Gasteiger partial charge in [-0.2, -0.15) is 0 Å². The van der Waals surface area contributed by atoms with Crippen LogP contribution in [0.2, 0.25) is 0 Å². The number of carbonyl (C=O) groups excluding carboxylic acids is 1. The molecular formula is C17H25N3O3. The topological polar surface area (TPSA) is 54.9 Å². The lowest BCUT2D eigenvalue weighted by Crippen LogP contribution is -2.68. The molecule has 1 aromatic heterocycles. The van der Waals surface area contributed by atoms with Crippen molar-refractivity contribution in [3.63, 3.8) is 0 Å². The van der Waals surface area contributed by atoms with Crippen LogP contribution < -0.4 is 0 Å². The molecule has 0 unspecified atom stereocenters. The van der Waals surface area contributed by atoms with E-state index < -0.39 is 0 Å². The van der Waals surface area contributed by atoms with E-state index in [4.69, 9.17) is 9.47 Å². The van der Waals surface area contributed by atoms with Crippen molar-refractivity contribution in [1.29, 1.82) is 0 Å². The average molecular weight is 319 g/mol. The van der Waals surface area contributed by atoms with Gasteiger partial charge >= 0.3 is 6.03 Å². The van der Waals surface area contributed by atoms with Crippen molar-refractivity contribution in [1.82, 2.24) is 14.8 Å². The zero-order chi connectivity index (χ0) is 16.4. The second-order valence-corrected chi connectivity index (χ2v) is 6.76. The van der Waals surface area contributed by atoms with E-state index >= 15 is 0 Å². The van der Waals surface area contributed by atoms with Crippen molar-refractivity contribution in [3.05, 3.63) is 29.6 Å². The number of ether oxygens (including phenoxy) is 2. The van der Waals surface area contributed by atoms with Crippen LogP contribution in [0.3, 0.4) is 0 Å². The standard InChI is InChI=1S/C17H25N3O3/c1-13-5-4-6-14(18-13)10-22-15-7-8-23-17(9-15)11-20(12-17)16(21)19(2)3/h4-6,15H,7-12H2,1-3H3/t15-/m0/s1. The number of hydrogen-bond donors (Lipinski definition) is 0. The summed E-state index contributed by atoms with van der Waals surface area (Å²) >= 11 is 0. The quantitative estimate of drug-likeness (QED) is 0.853. The van der Waals surface area contributed by atoms with Gasteiger partial charge in [-0.25, -0.2) is 4.79 Å². The van der Waals surface area contributed by atoms with E-state index in [1.54, 1.807) is 19.0 Å². The molecule has 0 aromatic carbocycles. The number of urea groups is 1. The second kappa shape index (κ2) is 6.45. The third-order valence-corrected chi connectivity index (χ3v) is 4.47. The van der Waals surface area contributed by atoms with Gasteiger partial charge in [0.2, 0.25) is 0 Å². The lowest BCUT2D eigenvalue weighted by molar-refractivity contribution is -0.188. The summed E-state index contributed by atoms with van der Waals surface area (Å²) < 4.78 is 12.0. The van der Waals surface area contributed by atoms with Crippen molar-refractivity contribution in [2.24, 2.45) is 0 Å². The van der Waals surface area contributed by atoms with Gasteiger partial charge in [-0.1, -0.05) is 6.07 Å². The van der Waals surface area contributed by atoms with Crippen LogP contribution in [-0.4, -0.2) is 66.3 Å². The summed E-state index contributed by atoms with van der Waals surface area (Å²) in [6.45, 7) is 4.52. The Balaban J connectivity index is 1.51. The summed E-state index contributed by atoms with van der Waals surface area (Å²) in [4.78, 5) is 19.8. The SMILES string of the molecule is Cc1cccc(CO[C@H]2CCOC3(C2)CN(C(=O)N(C)C)C3)n1. The highest BCUT2D eigenvalue weighted by Gasteiger charge is 2.49. The number of carbonyl (C=O) groups is 1. The Kier molecular flexibility index (Phi) is 4.55. The predicted octanol–water partition coefficient (Wildman–Crippen LogP) is 1.82. The summed E-state index contributed by atoms with van der Waals surface area (Å²) in [6.07, 6.45) is 1.91. The number of nitrogens with zero attached hydrogens (tertiary/aromatic N) is 3. The molecule has 0 aliphatic carbocycles. The fourth-order valence-electron chi connectivity index (χ4n) is 3.30. The van der Waals surface area contributed by atoms with Crippen LogP contribution in [0.15, 0.2) is 18.2 Å². The van der Waals surface area contributed by atoms with E-state index in [1.165, 1.54) is 0 Å². The van der Waals surface area contributed by atoms with Gasteiger partial charge in [-0.05, 0) is 25.5 Å². The van der Waals surface area contributed by atoms with Crippen LogP contribution in [0.25, 0.3) is 0 Å². The highest BCUT2D eigenvalue weighted by molar-refractivity contribution is 5.75. The number of rotatable bonds is 3. The van der Waals surface area contributed by atoms with E-state index in [0.29, 0.717) is 26.3 Å². The largest absolute Gasteiger partial charge is 0.372 e. The van der Waals surface area contributed by atoms with Crippen LogP contribution in [0.4, 0.5) is 4.79 Å². The summed E-state index contributed by atoms with van der Waals surface area (Å²) in [6, 6.07) is 6.02.